The maximum atomic E-state index is 12.7. The van der Waals surface area contributed by atoms with E-state index in [9.17, 15) is 9.59 Å². The summed E-state index contributed by atoms with van der Waals surface area (Å²) >= 11 is 4.35. The van der Waals surface area contributed by atoms with Gasteiger partial charge in [-0.25, -0.2) is 4.79 Å². The second-order valence-electron chi connectivity index (χ2n) is 4.78. The number of thioether (sulfide) groups is 2. The quantitative estimate of drug-likeness (QED) is 0.473. The van der Waals surface area contributed by atoms with Gasteiger partial charge in [0.05, 0.1) is 23.6 Å². The topological polar surface area (TPSA) is 84.9 Å². The summed E-state index contributed by atoms with van der Waals surface area (Å²) in [6, 6.07) is 0. The van der Waals surface area contributed by atoms with Crippen LogP contribution in [0.5, 0.6) is 0 Å². The molecule has 124 valence electrons. The Kier molecular flexibility index (Phi) is 5.88. The first kappa shape index (κ1) is 18.0. The number of ether oxygens (including phenoxy) is 1. The third kappa shape index (κ3) is 3.78. The number of aromatic nitrogens is 3. The third-order valence-electron chi connectivity index (χ3n) is 3.28. The minimum atomic E-state index is -0.440. The Bertz CT molecular complexity index is 739. The first-order valence-corrected chi connectivity index (χ1v) is 9.67. The lowest BCUT2D eigenvalue weighted by Gasteiger charge is -2.07. The van der Waals surface area contributed by atoms with Gasteiger partial charge in [-0.2, -0.15) is 0 Å². The summed E-state index contributed by atoms with van der Waals surface area (Å²) in [6.07, 6.45) is 1.93. The standard InChI is InChI=1S/C14H17N3O3S3/c1-6-9(12(19)20-4)7(2)15-10(6)11(18)8(3)22-14-17-16-13(21-5)23-14/h8,15H,1-5H3/t8-/m0/s1. The summed E-state index contributed by atoms with van der Waals surface area (Å²) in [6.45, 7) is 5.32. The van der Waals surface area contributed by atoms with Crippen molar-refractivity contribution in [1.82, 2.24) is 15.2 Å². The Balaban J connectivity index is 2.21. The molecule has 0 unspecified atom stereocenters. The van der Waals surface area contributed by atoms with Gasteiger partial charge >= 0.3 is 5.97 Å². The lowest BCUT2D eigenvalue weighted by molar-refractivity contribution is 0.0599. The molecule has 2 aromatic rings. The highest BCUT2D eigenvalue weighted by Crippen LogP contribution is 2.32. The molecule has 9 heteroatoms. The summed E-state index contributed by atoms with van der Waals surface area (Å²) in [5, 5.41) is 7.75. The zero-order valence-electron chi connectivity index (χ0n) is 13.4. The van der Waals surface area contributed by atoms with Crippen LogP contribution in [0.4, 0.5) is 0 Å². The van der Waals surface area contributed by atoms with E-state index in [-0.39, 0.29) is 11.0 Å². The maximum Gasteiger partial charge on any atom is 0.339 e. The van der Waals surface area contributed by atoms with Gasteiger partial charge in [-0.3, -0.25) is 4.79 Å². The van der Waals surface area contributed by atoms with Crippen LogP contribution in [0, 0.1) is 13.8 Å². The second-order valence-corrected chi connectivity index (χ2v) is 8.40. The van der Waals surface area contributed by atoms with Crippen LogP contribution in [-0.2, 0) is 4.74 Å². The molecule has 1 N–H and O–H groups in total. The lowest BCUT2D eigenvalue weighted by Crippen LogP contribution is -2.15. The molecule has 0 saturated heterocycles. The summed E-state index contributed by atoms with van der Waals surface area (Å²) in [5.41, 5.74) is 2.12. The van der Waals surface area contributed by atoms with Crippen LogP contribution in [0.25, 0.3) is 0 Å². The largest absolute Gasteiger partial charge is 0.465 e. The number of H-pyrrole nitrogens is 1. The van der Waals surface area contributed by atoms with E-state index >= 15 is 0 Å². The molecule has 0 radical (unpaired) electrons. The molecule has 2 heterocycles. The van der Waals surface area contributed by atoms with Gasteiger partial charge in [-0.05, 0) is 32.6 Å². The number of nitrogens with one attached hydrogen (secondary N) is 1. The van der Waals surface area contributed by atoms with Gasteiger partial charge in [-0.1, -0.05) is 34.9 Å². The number of ketones is 1. The van der Waals surface area contributed by atoms with Crippen LogP contribution in [0.3, 0.4) is 0 Å². The zero-order valence-corrected chi connectivity index (χ0v) is 15.9. The molecule has 6 nitrogen and oxygen atoms in total. The number of aromatic amines is 1. The predicted octanol–water partition coefficient (Wildman–Crippen LogP) is 3.36. The number of aryl methyl sites for hydroxylation is 1. The van der Waals surface area contributed by atoms with E-state index in [1.165, 1.54) is 42.0 Å². The molecule has 0 saturated carbocycles. The van der Waals surface area contributed by atoms with E-state index in [0.717, 1.165) is 8.68 Å². The number of hydrogen-bond donors (Lipinski definition) is 1. The lowest BCUT2D eigenvalue weighted by atomic mass is 10.1. The van der Waals surface area contributed by atoms with Crippen molar-refractivity contribution in [2.24, 2.45) is 0 Å². The van der Waals surface area contributed by atoms with E-state index < -0.39 is 5.97 Å². The van der Waals surface area contributed by atoms with Gasteiger partial charge in [0.2, 0.25) is 0 Å². The van der Waals surface area contributed by atoms with Crippen LogP contribution in [0.1, 0.15) is 39.0 Å². The van der Waals surface area contributed by atoms with Crippen LogP contribution in [-0.4, -0.2) is 45.5 Å². The van der Waals surface area contributed by atoms with Crippen LogP contribution >= 0.6 is 34.9 Å². The third-order valence-corrected chi connectivity index (χ3v) is 6.37. The second kappa shape index (κ2) is 7.50. The molecular formula is C14H17N3O3S3. The molecule has 0 bridgehead atoms. The number of carbonyl (C=O) groups is 2. The summed E-state index contributed by atoms with van der Waals surface area (Å²) < 4.78 is 6.39. The highest BCUT2D eigenvalue weighted by Gasteiger charge is 2.26. The smallest absolute Gasteiger partial charge is 0.339 e. The van der Waals surface area contributed by atoms with Crippen molar-refractivity contribution in [3.63, 3.8) is 0 Å². The number of Topliss-reactive ketones (excluding diaryl/α,β-unsaturated/α-hetero) is 1. The van der Waals surface area contributed by atoms with Gasteiger partial charge in [0, 0.05) is 5.69 Å². The number of nitrogens with zero attached hydrogens (tertiary/aromatic N) is 2. The van der Waals surface area contributed by atoms with E-state index in [4.69, 9.17) is 4.74 Å². The van der Waals surface area contributed by atoms with Crippen LogP contribution in [0.2, 0.25) is 0 Å². The first-order valence-electron chi connectivity index (χ1n) is 6.74. The van der Waals surface area contributed by atoms with E-state index in [1.54, 1.807) is 13.8 Å². The van der Waals surface area contributed by atoms with Crippen molar-refractivity contribution in [2.75, 3.05) is 13.4 Å². The minimum absolute atomic E-state index is 0.0772. The summed E-state index contributed by atoms with van der Waals surface area (Å²) in [4.78, 5) is 27.5. The summed E-state index contributed by atoms with van der Waals surface area (Å²) in [5.74, 6) is -0.518. The number of methoxy groups -OCH3 is 1. The molecule has 0 spiro atoms. The average molecular weight is 372 g/mol. The molecule has 0 aliphatic rings. The number of hydrogen-bond acceptors (Lipinski definition) is 8. The zero-order chi connectivity index (χ0) is 17.1. The Morgan fingerprint density at radius 3 is 2.48 bits per heavy atom. The fraction of sp³-hybridized carbons (Fsp3) is 0.429. The normalized spacial score (nSPS) is 12.2. The van der Waals surface area contributed by atoms with Gasteiger partial charge in [0.1, 0.15) is 0 Å². The van der Waals surface area contributed by atoms with Gasteiger partial charge < -0.3 is 9.72 Å². The Morgan fingerprint density at radius 2 is 1.91 bits per heavy atom. The van der Waals surface area contributed by atoms with Gasteiger partial charge in [0.15, 0.2) is 14.5 Å². The van der Waals surface area contributed by atoms with E-state index in [2.05, 4.69) is 15.2 Å². The number of esters is 1. The average Bonchev–Trinajstić information content (AvgIpc) is 3.10. The highest BCUT2D eigenvalue weighted by molar-refractivity contribution is 8.03. The van der Waals surface area contributed by atoms with E-state index in [0.29, 0.717) is 22.5 Å². The van der Waals surface area contributed by atoms with Crippen LogP contribution < -0.4 is 0 Å². The Hall–Kier alpha value is -1.32. The van der Waals surface area contributed by atoms with Crippen molar-refractivity contribution in [1.29, 1.82) is 0 Å². The van der Waals surface area contributed by atoms with E-state index in [1.807, 2.05) is 13.2 Å². The van der Waals surface area contributed by atoms with Crippen molar-refractivity contribution in [3.8, 4) is 0 Å². The number of rotatable bonds is 6. The molecule has 2 aromatic heterocycles. The summed E-state index contributed by atoms with van der Waals surface area (Å²) in [7, 11) is 1.33. The predicted molar refractivity (Wildman–Crippen MR) is 92.9 cm³/mol. The molecule has 23 heavy (non-hydrogen) atoms. The fourth-order valence-electron chi connectivity index (χ4n) is 2.14. The molecule has 1 atom stereocenters. The van der Waals surface area contributed by atoms with Gasteiger partial charge in [0.25, 0.3) is 0 Å². The SMILES string of the molecule is COC(=O)c1c(C)[nH]c(C(=O)[C@H](C)Sc2nnc(SC)s2)c1C. The molecule has 2 rings (SSSR count). The molecule has 0 aromatic carbocycles. The monoisotopic (exact) mass is 371 g/mol. The Labute approximate surface area is 146 Å². The molecule has 0 fully saturated rings. The first-order chi connectivity index (χ1) is 10.9. The minimum Gasteiger partial charge on any atom is -0.465 e. The highest BCUT2D eigenvalue weighted by atomic mass is 32.2. The van der Waals surface area contributed by atoms with Gasteiger partial charge in [-0.15, -0.1) is 10.2 Å². The molecule has 0 amide bonds. The molecular weight excluding hydrogens is 354 g/mol. The number of carbonyl (C=O) groups excluding carboxylic acids is 2. The van der Waals surface area contributed by atoms with Crippen molar-refractivity contribution in [2.45, 2.75) is 34.7 Å². The maximum absolute atomic E-state index is 12.7. The molecule has 0 aliphatic carbocycles. The van der Waals surface area contributed by atoms with Crippen molar-refractivity contribution in [3.05, 3.63) is 22.5 Å². The van der Waals surface area contributed by atoms with Crippen molar-refractivity contribution >= 4 is 46.6 Å². The fourth-order valence-corrected chi connectivity index (χ4v) is 4.78. The van der Waals surface area contributed by atoms with Crippen molar-refractivity contribution < 1.29 is 14.3 Å². The molecule has 0 aliphatic heterocycles. The Morgan fingerprint density at radius 1 is 1.26 bits per heavy atom. The van der Waals surface area contributed by atoms with Crippen LogP contribution in [0.15, 0.2) is 8.68 Å².